The Hall–Kier alpha value is -3.99. The van der Waals surface area contributed by atoms with E-state index in [0.717, 1.165) is 23.0 Å². The molecule has 0 aliphatic carbocycles. The molecule has 0 saturated carbocycles. The molecular weight excluding hydrogens is 414 g/mol. The largest absolute Gasteiger partial charge is 0.493 e. The fraction of sp³-hybridized carbons (Fsp3) is 0.179. The van der Waals surface area contributed by atoms with E-state index in [9.17, 15) is 0 Å². The molecular formula is C28H27NO4. The Morgan fingerprint density at radius 3 is 1.06 bits per heavy atom. The van der Waals surface area contributed by atoms with Gasteiger partial charge in [0.1, 0.15) is 54.8 Å². The summed E-state index contributed by atoms with van der Waals surface area (Å²) >= 11 is 0. The highest BCUT2D eigenvalue weighted by atomic mass is 16.5. The van der Waals surface area contributed by atoms with Gasteiger partial charge in [-0.3, -0.25) is 4.98 Å². The van der Waals surface area contributed by atoms with Gasteiger partial charge in [0, 0.05) is 12.4 Å². The summed E-state index contributed by atoms with van der Waals surface area (Å²) in [6, 6.07) is 32.9. The Kier molecular flexibility index (Phi) is 7.79. The van der Waals surface area contributed by atoms with E-state index in [1.807, 2.05) is 103 Å². The summed E-state index contributed by atoms with van der Waals surface area (Å²) in [6.07, 6.45) is 3.41. The van der Waals surface area contributed by atoms with Crippen LogP contribution in [-0.2, 0) is 0 Å². The van der Waals surface area contributed by atoms with Crippen molar-refractivity contribution in [3.8, 4) is 23.0 Å². The van der Waals surface area contributed by atoms with Crippen molar-refractivity contribution in [2.24, 2.45) is 5.41 Å². The Morgan fingerprint density at radius 2 is 0.727 bits per heavy atom. The van der Waals surface area contributed by atoms with Gasteiger partial charge in [0.25, 0.3) is 0 Å². The molecule has 0 amide bonds. The maximum absolute atomic E-state index is 6.18. The molecule has 0 spiro atoms. The Bertz CT molecular complexity index is 881. The summed E-state index contributed by atoms with van der Waals surface area (Å²) in [7, 11) is 0. The van der Waals surface area contributed by atoms with Gasteiger partial charge in [-0.1, -0.05) is 54.6 Å². The number of para-hydroxylation sites is 3. The van der Waals surface area contributed by atoms with Crippen molar-refractivity contribution < 1.29 is 18.9 Å². The fourth-order valence-corrected chi connectivity index (χ4v) is 3.18. The molecule has 1 aromatic heterocycles. The quantitative estimate of drug-likeness (QED) is 0.283. The van der Waals surface area contributed by atoms with Crippen LogP contribution in [0.2, 0.25) is 0 Å². The first kappa shape index (κ1) is 22.2. The zero-order chi connectivity index (χ0) is 22.6. The van der Waals surface area contributed by atoms with Crippen LogP contribution in [0.15, 0.2) is 116 Å². The van der Waals surface area contributed by atoms with Crippen molar-refractivity contribution in [1.82, 2.24) is 4.98 Å². The molecule has 33 heavy (non-hydrogen) atoms. The molecule has 0 aliphatic rings. The first-order valence-electron chi connectivity index (χ1n) is 10.9. The molecule has 0 saturated heterocycles. The van der Waals surface area contributed by atoms with Crippen molar-refractivity contribution in [2.45, 2.75) is 0 Å². The molecule has 3 aromatic carbocycles. The first-order valence-corrected chi connectivity index (χ1v) is 10.9. The van der Waals surface area contributed by atoms with E-state index in [0.29, 0.717) is 26.4 Å². The van der Waals surface area contributed by atoms with Gasteiger partial charge in [-0.15, -0.1) is 0 Å². The van der Waals surface area contributed by atoms with Gasteiger partial charge < -0.3 is 18.9 Å². The van der Waals surface area contributed by atoms with Crippen LogP contribution >= 0.6 is 0 Å². The van der Waals surface area contributed by atoms with Crippen LogP contribution in [0.4, 0.5) is 0 Å². The lowest BCUT2D eigenvalue weighted by Crippen LogP contribution is -2.45. The van der Waals surface area contributed by atoms with E-state index in [-0.39, 0.29) is 0 Å². The van der Waals surface area contributed by atoms with Crippen LogP contribution in [0.1, 0.15) is 0 Å². The molecule has 0 unspecified atom stereocenters. The van der Waals surface area contributed by atoms with Crippen LogP contribution in [0.5, 0.6) is 23.0 Å². The van der Waals surface area contributed by atoms with Crippen LogP contribution in [0.3, 0.4) is 0 Å². The average molecular weight is 442 g/mol. The summed E-state index contributed by atoms with van der Waals surface area (Å²) in [6.45, 7) is 1.38. The molecule has 0 atom stereocenters. The second-order valence-electron chi connectivity index (χ2n) is 7.78. The summed E-state index contributed by atoms with van der Waals surface area (Å²) in [5, 5.41) is 0. The SMILES string of the molecule is c1ccc(OCC(COc2ccccc2)(COc2ccccc2)COc2ccncc2)cc1. The van der Waals surface area contributed by atoms with E-state index in [1.54, 1.807) is 12.4 Å². The maximum Gasteiger partial charge on any atom is 0.122 e. The smallest absolute Gasteiger partial charge is 0.122 e. The number of rotatable bonds is 12. The lowest BCUT2D eigenvalue weighted by molar-refractivity contribution is -0.00353. The minimum atomic E-state index is -0.592. The van der Waals surface area contributed by atoms with Gasteiger partial charge in [-0.25, -0.2) is 0 Å². The maximum atomic E-state index is 6.18. The zero-order valence-corrected chi connectivity index (χ0v) is 18.4. The number of hydrogen-bond donors (Lipinski definition) is 0. The minimum Gasteiger partial charge on any atom is -0.493 e. The number of pyridine rings is 1. The lowest BCUT2D eigenvalue weighted by Gasteiger charge is -2.33. The summed E-state index contributed by atoms with van der Waals surface area (Å²) in [5.74, 6) is 3.08. The van der Waals surface area contributed by atoms with E-state index in [1.165, 1.54) is 0 Å². The number of hydrogen-bond acceptors (Lipinski definition) is 5. The third-order valence-electron chi connectivity index (χ3n) is 5.06. The van der Waals surface area contributed by atoms with Gasteiger partial charge in [0.05, 0.1) is 0 Å². The van der Waals surface area contributed by atoms with E-state index < -0.39 is 5.41 Å². The highest BCUT2D eigenvalue weighted by Crippen LogP contribution is 2.26. The van der Waals surface area contributed by atoms with E-state index in [4.69, 9.17) is 18.9 Å². The van der Waals surface area contributed by atoms with E-state index >= 15 is 0 Å². The van der Waals surface area contributed by atoms with Crippen molar-refractivity contribution >= 4 is 0 Å². The van der Waals surface area contributed by atoms with Gasteiger partial charge in [-0.2, -0.15) is 0 Å². The van der Waals surface area contributed by atoms with Gasteiger partial charge >= 0.3 is 0 Å². The van der Waals surface area contributed by atoms with E-state index in [2.05, 4.69) is 4.98 Å². The molecule has 0 radical (unpaired) electrons. The predicted octanol–water partition coefficient (Wildman–Crippen LogP) is 5.68. The molecule has 168 valence electrons. The first-order chi connectivity index (χ1) is 16.3. The highest BCUT2D eigenvalue weighted by molar-refractivity contribution is 5.24. The molecule has 0 aliphatic heterocycles. The van der Waals surface area contributed by atoms with Gasteiger partial charge in [0.15, 0.2) is 0 Å². The molecule has 4 rings (SSSR count). The van der Waals surface area contributed by atoms with Crippen molar-refractivity contribution in [2.75, 3.05) is 26.4 Å². The predicted molar refractivity (Wildman–Crippen MR) is 128 cm³/mol. The lowest BCUT2D eigenvalue weighted by atomic mass is 9.92. The monoisotopic (exact) mass is 441 g/mol. The van der Waals surface area contributed by atoms with Gasteiger partial charge in [-0.05, 0) is 48.5 Å². The third-order valence-corrected chi connectivity index (χ3v) is 5.06. The average Bonchev–Trinajstić information content (AvgIpc) is 2.90. The van der Waals surface area contributed by atoms with Crippen molar-refractivity contribution in [1.29, 1.82) is 0 Å². The number of ether oxygens (including phenoxy) is 4. The molecule has 1 heterocycles. The minimum absolute atomic E-state index is 0.337. The summed E-state index contributed by atoms with van der Waals surface area (Å²) < 4.78 is 24.7. The molecule has 0 N–H and O–H groups in total. The Balaban J connectivity index is 1.56. The highest BCUT2D eigenvalue weighted by Gasteiger charge is 2.35. The van der Waals surface area contributed by atoms with Crippen LogP contribution in [0, 0.1) is 5.41 Å². The summed E-state index contributed by atoms with van der Waals surface area (Å²) in [4.78, 5) is 4.06. The topological polar surface area (TPSA) is 49.8 Å². The standard InChI is InChI=1S/C28H27NO4/c1-4-10-24(11-5-1)30-20-28(21-31-25-12-6-2-7-13-25,22-32-26-14-8-3-9-15-26)23-33-27-16-18-29-19-17-27/h1-19H,20-23H2. The fourth-order valence-electron chi connectivity index (χ4n) is 3.18. The number of benzene rings is 3. The second kappa shape index (κ2) is 11.6. The normalized spacial score (nSPS) is 10.9. The van der Waals surface area contributed by atoms with Crippen LogP contribution in [-0.4, -0.2) is 31.4 Å². The molecule has 0 bridgehead atoms. The van der Waals surface area contributed by atoms with Crippen molar-refractivity contribution in [3.63, 3.8) is 0 Å². The molecule has 4 aromatic rings. The third kappa shape index (κ3) is 7.01. The van der Waals surface area contributed by atoms with Crippen LogP contribution in [0.25, 0.3) is 0 Å². The Labute approximate surface area is 194 Å². The molecule has 0 fully saturated rings. The van der Waals surface area contributed by atoms with Gasteiger partial charge in [0.2, 0.25) is 0 Å². The Morgan fingerprint density at radius 1 is 0.424 bits per heavy atom. The molecule has 5 heteroatoms. The van der Waals surface area contributed by atoms with Crippen LogP contribution < -0.4 is 18.9 Å². The number of nitrogens with zero attached hydrogens (tertiary/aromatic N) is 1. The zero-order valence-electron chi connectivity index (χ0n) is 18.4. The number of aromatic nitrogens is 1. The van der Waals surface area contributed by atoms with Crippen molar-refractivity contribution in [3.05, 3.63) is 116 Å². The summed E-state index contributed by atoms with van der Waals surface area (Å²) in [5.41, 5.74) is -0.592. The second-order valence-corrected chi connectivity index (χ2v) is 7.78. The molecule has 5 nitrogen and oxygen atoms in total.